The number of halogens is 4. The van der Waals surface area contributed by atoms with Crippen molar-refractivity contribution in [1.82, 2.24) is 9.13 Å². The Morgan fingerprint density at radius 2 is 1.58 bits per heavy atom. The summed E-state index contributed by atoms with van der Waals surface area (Å²) in [5.74, 6) is -1.46. The van der Waals surface area contributed by atoms with E-state index < -0.39 is 17.7 Å². The van der Waals surface area contributed by atoms with Crippen LogP contribution in [0.1, 0.15) is 29.5 Å². The number of hydrogen-bond acceptors (Lipinski definition) is 3. The van der Waals surface area contributed by atoms with Crippen LogP contribution in [-0.2, 0) is 26.1 Å². The molecule has 0 bridgehead atoms. The summed E-state index contributed by atoms with van der Waals surface area (Å²) in [6, 6.07) is 17.8. The molecular weight excluding hydrogens is 491 g/mol. The van der Waals surface area contributed by atoms with E-state index in [1.807, 2.05) is 12.1 Å². The first kappa shape index (κ1) is 25.5. The molecule has 3 aromatic carbocycles. The molecule has 186 valence electrons. The third-order valence-corrected chi connectivity index (χ3v) is 7.14. The molecule has 0 aliphatic carbocycles. The Balaban J connectivity index is 1.78. The number of hydrogen-bond donors (Lipinski definition) is 1. The largest absolute Gasteiger partial charge is 0.422 e. The monoisotopic (exact) mass is 513 g/mol. The van der Waals surface area contributed by atoms with Gasteiger partial charge in [0.25, 0.3) is 0 Å². The van der Waals surface area contributed by atoms with Gasteiger partial charge in [-0.1, -0.05) is 61.0 Å². The van der Waals surface area contributed by atoms with Gasteiger partial charge in [0.15, 0.2) is 5.60 Å². The number of benzene rings is 3. The second-order valence-corrected chi connectivity index (χ2v) is 9.27. The molecule has 0 saturated heterocycles. The van der Waals surface area contributed by atoms with Gasteiger partial charge in [-0.25, -0.2) is 4.79 Å². The number of imidazole rings is 1. The summed E-state index contributed by atoms with van der Waals surface area (Å²) < 4.78 is 46.1. The van der Waals surface area contributed by atoms with Gasteiger partial charge < -0.3 is 5.11 Å². The molecule has 4 aromatic rings. The Morgan fingerprint density at radius 1 is 0.972 bits per heavy atom. The van der Waals surface area contributed by atoms with E-state index in [1.165, 1.54) is 54.4 Å². The molecule has 36 heavy (non-hydrogen) atoms. The lowest BCUT2D eigenvalue weighted by atomic mass is 9.77. The molecule has 0 aliphatic rings. The number of nitrogens with zero attached hydrogens (tertiary/aromatic N) is 3. The first-order chi connectivity index (χ1) is 16.9. The van der Waals surface area contributed by atoms with E-state index in [0.717, 1.165) is 11.1 Å². The predicted molar refractivity (Wildman–Crippen MR) is 133 cm³/mol. The smallest absolute Gasteiger partial charge is 0.376 e. The van der Waals surface area contributed by atoms with E-state index in [0.29, 0.717) is 11.1 Å². The molecule has 0 spiro atoms. The molecule has 1 N–H and O–H groups in total. The standard InChI is InChI=1S/C27H23ClF3N3O2/c1-16(21-10-8-19(14-22(21)28)18-6-4-17(5-7-18)12-13-32)26(36,27(29,30)31)20-9-11-23-24(15-20)34(3)25(35)33(23)2/h4-11,14-16,36H,12H2,1-3H3. The first-order valence-corrected chi connectivity index (χ1v) is 11.5. The normalized spacial score (nSPS) is 14.4. The van der Waals surface area contributed by atoms with E-state index in [-0.39, 0.29) is 33.8 Å². The van der Waals surface area contributed by atoms with Crippen LogP contribution in [0, 0.1) is 11.3 Å². The number of alkyl halides is 3. The Bertz CT molecular complexity index is 1550. The number of aryl methyl sites for hydroxylation is 2. The Kier molecular flexibility index (Phi) is 6.50. The third-order valence-electron chi connectivity index (χ3n) is 6.81. The van der Waals surface area contributed by atoms with E-state index in [4.69, 9.17) is 16.9 Å². The van der Waals surface area contributed by atoms with Crippen molar-refractivity contribution in [2.75, 3.05) is 0 Å². The van der Waals surface area contributed by atoms with Crippen LogP contribution < -0.4 is 5.69 Å². The van der Waals surface area contributed by atoms with Crippen molar-refractivity contribution < 1.29 is 18.3 Å². The second kappa shape index (κ2) is 9.16. The molecule has 0 fully saturated rings. The average molecular weight is 514 g/mol. The van der Waals surface area contributed by atoms with Crippen molar-refractivity contribution in [2.45, 2.75) is 31.0 Å². The first-order valence-electron chi connectivity index (χ1n) is 11.1. The van der Waals surface area contributed by atoms with Crippen molar-refractivity contribution in [2.24, 2.45) is 14.1 Å². The Hall–Kier alpha value is -3.54. The molecule has 0 aliphatic heterocycles. The Labute approximate surface area is 210 Å². The van der Waals surface area contributed by atoms with Crippen molar-refractivity contribution >= 4 is 22.6 Å². The molecule has 1 heterocycles. The Morgan fingerprint density at radius 3 is 2.17 bits per heavy atom. The highest BCUT2D eigenvalue weighted by molar-refractivity contribution is 6.31. The van der Waals surface area contributed by atoms with Gasteiger partial charge >= 0.3 is 11.9 Å². The van der Waals surface area contributed by atoms with Gasteiger partial charge in [0.05, 0.1) is 23.5 Å². The fourth-order valence-corrected chi connectivity index (χ4v) is 4.94. The second-order valence-electron chi connectivity index (χ2n) is 8.86. The third kappa shape index (κ3) is 4.08. The van der Waals surface area contributed by atoms with Crippen LogP contribution in [0.25, 0.3) is 22.2 Å². The van der Waals surface area contributed by atoms with Gasteiger partial charge in [-0.2, -0.15) is 18.4 Å². The topological polar surface area (TPSA) is 70.9 Å². The lowest BCUT2D eigenvalue weighted by Crippen LogP contribution is -2.46. The minimum atomic E-state index is -5.04. The van der Waals surface area contributed by atoms with E-state index in [2.05, 4.69) is 6.07 Å². The van der Waals surface area contributed by atoms with Crippen LogP contribution in [0.15, 0.2) is 65.5 Å². The van der Waals surface area contributed by atoms with Crippen LogP contribution >= 0.6 is 11.6 Å². The van der Waals surface area contributed by atoms with Crippen molar-refractivity contribution in [3.05, 3.63) is 92.9 Å². The maximum absolute atomic E-state index is 14.5. The molecule has 0 amide bonds. The molecule has 9 heteroatoms. The van der Waals surface area contributed by atoms with Crippen LogP contribution in [-0.4, -0.2) is 20.4 Å². The fraction of sp³-hybridized carbons (Fsp3) is 0.259. The predicted octanol–water partition coefficient (Wildman–Crippen LogP) is 5.82. The average Bonchev–Trinajstić information content (AvgIpc) is 3.06. The molecule has 2 atom stereocenters. The van der Waals surface area contributed by atoms with Gasteiger partial charge in [-0.05, 0) is 46.0 Å². The number of fused-ring (bicyclic) bond motifs is 1. The molecular formula is C27H23ClF3N3O2. The summed E-state index contributed by atoms with van der Waals surface area (Å²) in [5.41, 5.74) is -0.853. The quantitative estimate of drug-likeness (QED) is 0.366. The van der Waals surface area contributed by atoms with Gasteiger partial charge in [0, 0.05) is 25.0 Å². The van der Waals surface area contributed by atoms with E-state index >= 15 is 0 Å². The molecule has 5 nitrogen and oxygen atoms in total. The molecule has 0 saturated carbocycles. The van der Waals surface area contributed by atoms with Gasteiger partial charge in [0.2, 0.25) is 0 Å². The maximum atomic E-state index is 14.5. The SMILES string of the molecule is CC(c1ccc(-c2ccc(CC#N)cc2)cc1Cl)C(O)(c1ccc2c(c1)n(C)c(=O)n2C)C(F)(F)F. The highest BCUT2D eigenvalue weighted by Crippen LogP contribution is 2.50. The maximum Gasteiger partial charge on any atom is 0.422 e. The zero-order chi connectivity index (χ0) is 26.4. The van der Waals surface area contributed by atoms with Crippen LogP contribution in [0.4, 0.5) is 13.2 Å². The minimum absolute atomic E-state index is 0.0805. The van der Waals surface area contributed by atoms with Crippen molar-refractivity contribution in [3.8, 4) is 17.2 Å². The van der Waals surface area contributed by atoms with Crippen molar-refractivity contribution in [3.63, 3.8) is 0 Å². The summed E-state index contributed by atoms with van der Waals surface area (Å²) in [7, 11) is 2.99. The van der Waals surface area contributed by atoms with Crippen LogP contribution in [0.5, 0.6) is 0 Å². The molecule has 2 unspecified atom stereocenters. The lowest BCUT2D eigenvalue weighted by molar-refractivity contribution is -0.274. The molecule has 0 radical (unpaired) electrons. The summed E-state index contributed by atoms with van der Waals surface area (Å²) in [6.45, 7) is 1.28. The summed E-state index contributed by atoms with van der Waals surface area (Å²) in [4.78, 5) is 12.3. The number of aromatic nitrogens is 2. The van der Waals surface area contributed by atoms with Gasteiger partial charge in [-0.15, -0.1) is 0 Å². The minimum Gasteiger partial charge on any atom is -0.376 e. The van der Waals surface area contributed by atoms with E-state index in [1.54, 1.807) is 24.3 Å². The number of nitriles is 1. The van der Waals surface area contributed by atoms with Gasteiger partial charge in [0.1, 0.15) is 0 Å². The number of rotatable bonds is 5. The summed E-state index contributed by atoms with van der Waals surface area (Å²) in [6.07, 6.45) is -4.76. The number of aliphatic hydroxyl groups is 1. The lowest BCUT2D eigenvalue weighted by Gasteiger charge is -2.37. The summed E-state index contributed by atoms with van der Waals surface area (Å²) >= 11 is 6.47. The molecule has 1 aromatic heterocycles. The van der Waals surface area contributed by atoms with Gasteiger partial charge in [-0.3, -0.25) is 9.13 Å². The van der Waals surface area contributed by atoms with Crippen LogP contribution in [0.2, 0.25) is 5.02 Å². The highest BCUT2D eigenvalue weighted by atomic mass is 35.5. The zero-order valence-electron chi connectivity index (χ0n) is 19.8. The summed E-state index contributed by atoms with van der Waals surface area (Å²) in [5, 5.41) is 20.2. The molecule has 4 rings (SSSR count). The fourth-order valence-electron chi connectivity index (χ4n) is 4.59. The van der Waals surface area contributed by atoms with Crippen LogP contribution in [0.3, 0.4) is 0 Å². The van der Waals surface area contributed by atoms with Crippen molar-refractivity contribution in [1.29, 1.82) is 5.26 Å². The zero-order valence-corrected chi connectivity index (χ0v) is 20.5. The van der Waals surface area contributed by atoms with E-state index in [9.17, 15) is 23.1 Å². The highest BCUT2D eigenvalue weighted by Gasteiger charge is 2.59.